The van der Waals surface area contributed by atoms with Crippen LogP contribution in [0.3, 0.4) is 0 Å². The van der Waals surface area contributed by atoms with Gasteiger partial charge in [-0.1, -0.05) is 31.4 Å². The average Bonchev–Trinajstić information content (AvgIpc) is 2.47. The summed E-state index contributed by atoms with van der Waals surface area (Å²) in [5.74, 6) is 0. The van der Waals surface area contributed by atoms with Crippen molar-refractivity contribution in [1.82, 2.24) is 0 Å². The zero-order chi connectivity index (χ0) is 13.9. The van der Waals surface area contributed by atoms with E-state index in [9.17, 15) is 8.42 Å². The number of para-hydroxylation sites is 1. The van der Waals surface area contributed by atoms with Crippen LogP contribution >= 0.6 is 0 Å². The molecule has 0 aliphatic heterocycles. The number of hydrogen-bond donors (Lipinski definition) is 0. The molecule has 5 heteroatoms. The largest absolute Gasteiger partial charge is 0.272 e. The summed E-state index contributed by atoms with van der Waals surface area (Å²) in [5, 5.41) is 8.76. The van der Waals surface area contributed by atoms with E-state index in [4.69, 9.17) is 5.26 Å². The summed E-state index contributed by atoms with van der Waals surface area (Å²) >= 11 is 0. The van der Waals surface area contributed by atoms with Crippen molar-refractivity contribution >= 4 is 15.7 Å². The molecule has 0 N–H and O–H groups in total. The molecule has 1 fully saturated rings. The van der Waals surface area contributed by atoms with Crippen molar-refractivity contribution in [3.05, 3.63) is 29.8 Å². The molecule has 4 nitrogen and oxygen atoms in total. The molecule has 2 rings (SSSR count). The van der Waals surface area contributed by atoms with Crippen LogP contribution in [-0.2, 0) is 10.0 Å². The highest BCUT2D eigenvalue weighted by Crippen LogP contribution is 2.29. The van der Waals surface area contributed by atoms with Gasteiger partial charge < -0.3 is 0 Å². The lowest BCUT2D eigenvalue weighted by Gasteiger charge is -2.28. The third-order valence-corrected chi connectivity index (χ3v) is 5.99. The highest BCUT2D eigenvalue weighted by atomic mass is 32.2. The molecule has 1 aliphatic rings. The van der Waals surface area contributed by atoms with Crippen molar-refractivity contribution in [3.63, 3.8) is 0 Å². The number of nitrogens with zero attached hydrogens (tertiary/aromatic N) is 2. The SMILES string of the molecule is CN(c1ccccc1C#N)S(=O)(=O)C1CCCCC1. The molecule has 1 aromatic carbocycles. The van der Waals surface area contributed by atoms with Gasteiger partial charge in [0.1, 0.15) is 6.07 Å². The number of benzene rings is 1. The Morgan fingerprint density at radius 1 is 1.21 bits per heavy atom. The van der Waals surface area contributed by atoms with Gasteiger partial charge in [0.25, 0.3) is 0 Å². The molecule has 1 aromatic rings. The molecule has 1 saturated carbocycles. The quantitative estimate of drug-likeness (QED) is 0.854. The maximum absolute atomic E-state index is 12.6. The molecule has 0 heterocycles. The molecule has 0 amide bonds. The molecule has 102 valence electrons. The van der Waals surface area contributed by atoms with E-state index in [1.165, 1.54) is 4.31 Å². The first-order valence-corrected chi connectivity index (χ1v) is 8.04. The summed E-state index contributed by atoms with van der Waals surface area (Å²) in [4.78, 5) is 0. The Balaban J connectivity index is 2.32. The van der Waals surface area contributed by atoms with E-state index in [0.29, 0.717) is 11.3 Å². The molecule has 0 atom stereocenters. The van der Waals surface area contributed by atoms with Crippen LogP contribution in [0.1, 0.15) is 37.7 Å². The zero-order valence-corrected chi connectivity index (χ0v) is 11.9. The van der Waals surface area contributed by atoms with Gasteiger partial charge >= 0.3 is 0 Å². The number of nitriles is 1. The van der Waals surface area contributed by atoms with E-state index in [1.54, 1.807) is 31.3 Å². The van der Waals surface area contributed by atoms with Crippen LogP contribution in [0, 0.1) is 11.3 Å². The number of rotatable bonds is 3. The molecular weight excluding hydrogens is 260 g/mol. The van der Waals surface area contributed by atoms with Crippen LogP contribution in [0.5, 0.6) is 0 Å². The lowest BCUT2D eigenvalue weighted by molar-refractivity contribution is 0.483. The van der Waals surface area contributed by atoms with Crippen LogP contribution in [0.15, 0.2) is 24.3 Å². The van der Waals surface area contributed by atoms with Gasteiger partial charge in [-0.2, -0.15) is 5.26 Å². The lowest BCUT2D eigenvalue weighted by Crippen LogP contribution is -2.37. The Labute approximate surface area is 114 Å². The number of sulfonamides is 1. The van der Waals surface area contributed by atoms with Crippen LogP contribution in [0.25, 0.3) is 0 Å². The van der Waals surface area contributed by atoms with E-state index < -0.39 is 10.0 Å². The summed E-state index contributed by atoms with van der Waals surface area (Å²) in [6.45, 7) is 0. The number of hydrogen-bond acceptors (Lipinski definition) is 3. The molecule has 0 radical (unpaired) electrons. The van der Waals surface area contributed by atoms with Crippen molar-refractivity contribution in [1.29, 1.82) is 5.26 Å². The monoisotopic (exact) mass is 278 g/mol. The number of anilines is 1. The van der Waals surface area contributed by atoms with Crippen LogP contribution in [0.2, 0.25) is 0 Å². The minimum atomic E-state index is -3.37. The normalized spacial score (nSPS) is 16.8. The van der Waals surface area contributed by atoms with Crippen molar-refractivity contribution in [2.75, 3.05) is 11.4 Å². The third-order valence-electron chi connectivity index (χ3n) is 3.72. The fraction of sp³-hybridized carbons (Fsp3) is 0.500. The first kappa shape index (κ1) is 13.9. The second kappa shape index (κ2) is 5.62. The summed E-state index contributed by atoms with van der Waals surface area (Å²) in [6.07, 6.45) is 4.50. The molecule has 0 bridgehead atoms. The maximum Gasteiger partial charge on any atom is 0.237 e. The second-order valence-electron chi connectivity index (χ2n) is 4.90. The maximum atomic E-state index is 12.6. The Hall–Kier alpha value is -1.54. The van der Waals surface area contributed by atoms with Crippen molar-refractivity contribution < 1.29 is 8.42 Å². The lowest BCUT2D eigenvalue weighted by atomic mass is 10.0. The van der Waals surface area contributed by atoms with Crippen molar-refractivity contribution in [3.8, 4) is 6.07 Å². The van der Waals surface area contributed by atoms with E-state index in [2.05, 4.69) is 0 Å². The van der Waals surface area contributed by atoms with Crippen LogP contribution in [-0.4, -0.2) is 20.7 Å². The minimum Gasteiger partial charge on any atom is -0.272 e. The first-order chi connectivity index (χ1) is 9.07. The molecule has 19 heavy (non-hydrogen) atoms. The van der Waals surface area contributed by atoms with Crippen LogP contribution < -0.4 is 4.31 Å². The van der Waals surface area contributed by atoms with Gasteiger partial charge in [0.2, 0.25) is 10.0 Å². The highest BCUT2D eigenvalue weighted by molar-refractivity contribution is 7.93. The van der Waals surface area contributed by atoms with E-state index >= 15 is 0 Å². The Bertz CT molecular complexity index is 584. The average molecular weight is 278 g/mol. The van der Waals surface area contributed by atoms with Gasteiger partial charge in [-0.25, -0.2) is 8.42 Å². The van der Waals surface area contributed by atoms with Gasteiger partial charge in [-0.05, 0) is 25.0 Å². The standard InChI is InChI=1S/C14H18N2O2S/c1-16(14-10-6-5-7-12(14)11-15)19(17,18)13-8-3-2-4-9-13/h5-7,10,13H,2-4,8-9H2,1H3. The minimum absolute atomic E-state index is 0.307. The first-order valence-electron chi connectivity index (χ1n) is 6.54. The molecule has 0 spiro atoms. The van der Waals surface area contributed by atoms with E-state index in [1.807, 2.05) is 6.07 Å². The van der Waals surface area contributed by atoms with Crippen LogP contribution in [0.4, 0.5) is 5.69 Å². The fourth-order valence-corrected chi connectivity index (χ4v) is 4.38. The van der Waals surface area contributed by atoms with Gasteiger partial charge in [-0.15, -0.1) is 0 Å². The molecule has 0 unspecified atom stereocenters. The molecule has 1 aliphatic carbocycles. The predicted molar refractivity (Wildman–Crippen MR) is 75.4 cm³/mol. The Morgan fingerprint density at radius 2 is 1.84 bits per heavy atom. The predicted octanol–water partition coefficient (Wildman–Crippen LogP) is 2.66. The molecular formula is C14H18N2O2S. The summed E-state index contributed by atoms with van der Waals surface area (Å²) in [6, 6.07) is 8.86. The zero-order valence-electron chi connectivity index (χ0n) is 11.0. The summed E-state index contributed by atoms with van der Waals surface area (Å²) in [7, 11) is -1.82. The summed E-state index contributed by atoms with van der Waals surface area (Å²) in [5.41, 5.74) is 0.861. The Kier molecular flexibility index (Phi) is 4.11. The molecule has 0 saturated heterocycles. The van der Waals surface area contributed by atoms with Gasteiger partial charge in [0.05, 0.1) is 16.5 Å². The third kappa shape index (κ3) is 2.74. The fourth-order valence-electron chi connectivity index (χ4n) is 2.57. The summed E-state index contributed by atoms with van der Waals surface area (Å²) < 4.78 is 26.4. The Morgan fingerprint density at radius 3 is 2.47 bits per heavy atom. The van der Waals surface area contributed by atoms with E-state index in [0.717, 1.165) is 32.1 Å². The van der Waals surface area contributed by atoms with E-state index in [-0.39, 0.29) is 5.25 Å². The topological polar surface area (TPSA) is 61.2 Å². The van der Waals surface area contributed by atoms with Gasteiger partial charge in [-0.3, -0.25) is 4.31 Å². The second-order valence-corrected chi connectivity index (χ2v) is 7.15. The highest BCUT2D eigenvalue weighted by Gasteiger charge is 2.31. The van der Waals surface area contributed by atoms with Gasteiger partial charge in [0, 0.05) is 7.05 Å². The van der Waals surface area contributed by atoms with Gasteiger partial charge in [0.15, 0.2) is 0 Å². The molecule has 0 aromatic heterocycles. The smallest absolute Gasteiger partial charge is 0.237 e. The van der Waals surface area contributed by atoms with Crippen molar-refractivity contribution in [2.45, 2.75) is 37.4 Å². The van der Waals surface area contributed by atoms with Crippen molar-refractivity contribution in [2.24, 2.45) is 0 Å².